The molecule has 2 heterocycles. The second-order valence-corrected chi connectivity index (χ2v) is 3.53. The molecule has 0 fully saturated rings. The quantitative estimate of drug-likeness (QED) is 0.796. The Bertz CT molecular complexity index is 568. The number of rotatable bonds is 1. The van der Waals surface area contributed by atoms with Gasteiger partial charge in [-0.3, -0.25) is 0 Å². The molecule has 1 atom stereocenters. The number of furan rings is 1. The van der Waals surface area contributed by atoms with Crippen LogP contribution in [0.5, 0.6) is 11.5 Å². The lowest BCUT2D eigenvalue weighted by Crippen LogP contribution is -2.16. The van der Waals surface area contributed by atoms with Gasteiger partial charge in [-0.1, -0.05) is 0 Å². The smallest absolute Gasteiger partial charge is 0.217 e. The van der Waals surface area contributed by atoms with E-state index in [9.17, 15) is 5.11 Å². The van der Waals surface area contributed by atoms with Crippen molar-refractivity contribution in [3.63, 3.8) is 0 Å². The van der Waals surface area contributed by atoms with Crippen LogP contribution in [0.1, 0.15) is 5.56 Å². The van der Waals surface area contributed by atoms with Gasteiger partial charge in [-0.05, 0) is 24.3 Å². The average molecular weight is 218 g/mol. The van der Waals surface area contributed by atoms with E-state index in [0.29, 0.717) is 17.1 Å². The number of hydrogen-bond acceptors (Lipinski definition) is 4. The highest BCUT2D eigenvalue weighted by atomic mass is 16.6. The molecule has 0 amide bonds. The molecule has 1 N–H and O–H groups in total. The van der Waals surface area contributed by atoms with Gasteiger partial charge < -0.3 is 19.0 Å². The SMILES string of the molecule is COc1c2c(cc3ccoc13)C=CC(O)O2. The van der Waals surface area contributed by atoms with E-state index in [1.165, 1.54) is 0 Å². The Morgan fingerprint density at radius 2 is 2.31 bits per heavy atom. The molecule has 1 aliphatic heterocycles. The van der Waals surface area contributed by atoms with Gasteiger partial charge in [-0.25, -0.2) is 0 Å². The van der Waals surface area contributed by atoms with Crippen molar-refractivity contribution in [1.29, 1.82) is 0 Å². The maximum atomic E-state index is 9.40. The summed E-state index contributed by atoms with van der Waals surface area (Å²) in [6, 6.07) is 3.79. The summed E-state index contributed by atoms with van der Waals surface area (Å²) in [7, 11) is 1.55. The molecule has 16 heavy (non-hydrogen) atoms. The van der Waals surface area contributed by atoms with Crippen LogP contribution in [0.4, 0.5) is 0 Å². The molecular weight excluding hydrogens is 208 g/mol. The summed E-state index contributed by atoms with van der Waals surface area (Å²) in [5.74, 6) is 1.03. The van der Waals surface area contributed by atoms with Crippen molar-refractivity contribution in [2.45, 2.75) is 6.29 Å². The van der Waals surface area contributed by atoms with Gasteiger partial charge in [0.05, 0.1) is 13.4 Å². The summed E-state index contributed by atoms with van der Waals surface area (Å²) in [5.41, 5.74) is 1.50. The fourth-order valence-electron chi connectivity index (χ4n) is 1.86. The predicted molar refractivity (Wildman–Crippen MR) is 58.4 cm³/mol. The number of aliphatic hydroxyl groups excluding tert-OH is 1. The van der Waals surface area contributed by atoms with Gasteiger partial charge in [-0.15, -0.1) is 0 Å². The Labute approximate surface area is 91.7 Å². The van der Waals surface area contributed by atoms with Crippen LogP contribution in [-0.4, -0.2) is 18.5 Å². The van der Waals surface area contributed by atoms with Crippen molar-refractivity contribution in [2.75, 3.05) is 7.11 Å². The first-order valence-electron chi connectivity index (χ1n) is 4.90. The van der Waals surface area contributed by atoms with Gasteiger partial charge in [0.25, 0.3) is 0 Å². The largest absolute Gasteiger partial charge is 0.490 e. The first kappa shape index (κ1) is 9.30. The fourth-order valence-corrected chi connectivity index (χ4v) is 1.86. The van der Waals surface area contributed by atoms with Crippen LogP contribution < -0.4 is 9.47 Å². The molecule has 0 saturated carbocycles. The minimum Gasteiger partial charge on any atom is -0.490 e. The molecule has 0 saturated heterocycles. The first-order valence-corrected chi connectivity index (χ1v) is 4.90. The second kappa shape index (κ2) is 3.28. The zero-order valence-corrected chi connectivity index (χ0v) is 8.64. The molecule has 0 spiro atoms. The van der Waals surface area contributed by atoms with Crippen LogP contribution in [0.3, 0.4) is 0 Å². The van der Waals surface area contributed by atoms with Crippen molar-refractivity contribution in [3.8, 4) is 11.5 Å². The first-order chi connectivity index (χ1) is 7.79. The standard InChI is InChI=1S/C12H10O4/c1-14-12-10-8(4-5-15-10)6-7-2-3-9(13)16-11(7)12/h2-6,9,13H,1H3. The summed E-state index contributed by atoms with van der Waals surface area (Å²) in [4.78, 5) is 0. The predicted octanol–water partition coefficient (Wildman–Crippen LogP) is 2.17. The van der Waals surface area contributed by atoms with Gasteiger partial charge >= 0.3 is 0 Å². The van der Waals surface area contributed by atoms with E-state index in [4.69, 9.17) is 13.9 Å². The third kappa shape index (κ3) is 1.20. The van der Waals surface area contributed by atoms with E-state index in [1.807, 2.05) is 12.1 Å². The molecule has 0 aliphatic carbocycles. The second-order valence-electron chi connectivity index (χ2n) is 3.53. The van der Waals surface area contributed by atoms with E-state index in [-0.39, 0.29) is 0 Å². The van der Waals surface area contributed by atoms with Crippen LogP contribution in [0, 0.1) is 0 Å². The lowest BCUT2D eigenvalue weighted by Gasteiger charge is -2.19. The Kier molecular flexibility index (Phi) is 1.91. The zero-order valence-electron chi connectivity index (χ0n) is 8.64. The highest BCUT2D eigenvalue weighted by molar-refractivity contribution is 5.90. The Morgan fingerprint density at radius 3 is 3.12 bits per heavy atom. The topological polar surface area (TPSA) is 51.8 Å². The Hall–Kier alpha value is -1.94. The molecule has 4 nitrogen and oxygen atoms in total. The highest BCUT2D eigenvalue weighted by Crippen LogP contribution is 2.42. The average Bonchev–Trinajstić information content (AvgIpc) is 2.73. The summed E-state index contributed by atoms with van der Waals surface area (Å²) >= 11 is 0. The molecule has 1 aliphatic rings. The van der Waals surface area contributed by atoms with Crippen molar-refractivity contribution in [1.82, 2.24) is 0 Å². The summed E-state index contributed by atoms with van der Waals surface area (Å²) in [6.45, 7) is 0. The minimum atomic E-state index is -0.936. The van der Waals surface area contributed by atoms with E-state index >= 15 is 0 Å². The molecule has 2 aromatic rings. The Morgan fingerprint density at radius 1 is 1.44 bits per heavy atom. The molecule has 0 radical (unpaired) electrons. The van der Waals surface area contributed by atoms with Crippen LogP contribution in [0.15, 0.2) is 28.9 Å². The van der Waals surface area contributed by atoms with Gasteiger partial charge in [0, 0.05) is 10.9 Å². The molecule has 1 unspecified atom stereocenters. The van der Waals surface area contributed by atoms with E-state index in [0.717, 1.165) is 10.9 Å². The molecule has 3 rings (SSSR count). The van der Waals surface area contributed by atoms with Crippen molar-refractivity contribution < 1.29 is 19.0 Å². The number of methoxy groups -OCH3 is 1. The number of aliphatic hydroxyl groups is 1. The maximum absolute atomic E-state index is 9.40. The van der Waals surface area contributed by atoms with Crippen LogP contribution in [0.2, 0.25) is 0 Å². The maximum Gasteiger partial charge on any atom is 0.217 e. The molecule has 82 valence electrons. The Balaban J connectivity index is 2.34. The van der Waals surface area contributed by atoms with Gasteiger partial charge in [0.15, 0.2) is 11.3 Å². The van der Waals surface area contributed by atoms with Gasteiger partial charge in [0.2, 0.25) is 12.0 Å². The molecule has 1 aromatic heterocycles. The molecule has 1 aromatic carbocycles. The summed E-state index contributed by atoms with van der Waals surface area (Å²) in [6.07, 6.45) is 4.04. The van der Waals surface area contributed by atoms with Crippen LogP contribution in [0.25, 0.3) is 17.0 Å². The molecule has 4 heteroatoms. The van der Waals surface area contributed by atoms with Crippen molar-refractivity contribution in [3.05, 3.63) is 30.0 Å². The van der Waals surface area contributed by atoms with E-state index < -0.39 is 6.29 Å². The number of benzene rings is 1. The minimum absolute atomic E-state index is 0.514. The van der Waals surface area contributed by atoms with Crippen molar-refractivity contribution in [2.24, 2.45) is 0 Å². The van der Waals surface area contributed by atoms with E-state index in [2.05, 4.69) is 0 Å². The third-order valence-electron chi connectivity index (χ3n) is 2.56. The molecule has 0 bridgehead atoms. The van der Waals surface area contributed by atoms with Crippen LogP contribution in [-0.2, 0) is 0 Å². The van der Waals surface area contributed by atoms with Crippen LogP contribution >= 0.6 is 0 Å². The normalized spacial score (nSPS) is 18.2. The van der Waals surface area contributed by atoms with Gasteiger partial charge in [-0.2, -0.15) is 0 Å². The summed E-state index contributed by atoms with van der Waals surface area (Å²) in [5, 5.41) is 10.3. The van der Waals surface area contributed by atoms with Gasteiger partial charge in [0.1, 0.15) is 0 Å². The van der Waals surface area contributed by atoms with Crippen molar-refractivity contribution >= 4 is 17.0 Å². The number of fused-ring (bicyclic) bond motifs is 2. The highest BCUT2D eigenvalue weighted by Gasteiger charge is 2.21. The lowest BCUT2D eigenvalue weighted by molar-refractivity contribution is 0.0211. The van der Waals surface area contributed by atoms with E-state index in [1.54, 1.807) is 25.5 Å². The molecular formula is C12H10O4. The summed E-state index contributed by atoms with van der Waals surface area (Å²) < 4.78 is 15.9. The lowest BCUT2D eigenvalue weighted by atomic mass is 10.1. The third-order valence-corrected chi connectivity index (χ3v) is 2.56. The zero-order chi connectivity index (χ0) is 11.1. The number of hydrogen-bond donors (Lipinski definition) is 1. The number of ether oxygens (including phenoxy) is 2. The monoisotopic (exact) mass is 218 g/mol. The fraction of sp³-hybridized carbons (Fsp3) is 0.167.